The van der Waals surface area contributed by atoms with E-state index in [-0.39, 0.29) is 24.4 Å². The monoisotopic (exact) mass is 383 g/mol. The van der Waals surface area contributed by atoms with E-state index in [1.54, 1.807) is 0 Å². The second-order valence-corrected chi connectivity index (χ2v) is 7.77. The molecule has 28 heavy (non-hydrogen) atoms. The molecule has 150 valence electrons. The summed E-state index contributed by atoms with van der Waals surface area (Å²) in [5.74, 6) is 0.183. The summed E-state index contributed by atoms with van der Waals surface area (Å²) in [7, 11) is 1.35. The Morgan fingerprint density at radius 2 is 1.89 bits per heavy atom. The van der Waals surface area contributed by atoms with Gasteiger partial charge in [-0.1, -0.05) is 43.7 Å². The van der Waals surface area contributed by atoms with Gasteiger partial charge in [0.05, 0.1) is 13.2 Å². The minimum absolute atomic E-state index is 0.0217. The first-order valence-electron chi connectivity index (χ1n) is 9.74. The third-order valence-electron chi connectivity index (χ3n) is 5.10. The molecule has 1 aliphatic rings. The average molecular weight is 383 g/mol. The van der Waals surface area contributed by atoms with Crippen molar-refractivity contribution in [1.29, 1.82) is 0 Å². The molecule has 0 saturated heterocycles. The quantitative estimate of drug-likeness (QED) is 0.795. The van der Waals surface area contributed by atoms with Gasteiger partial charge in [0.25, 0.3) is 0 Å². The lowest BCUT2D eigenvalue weighted by Crippen LogP contribution is -2.48. The third kappa shape index (κ3) is 4.21. The van der Waals surface area contributed by atoms with Crippen molar-refractivity contribution in [2.75, 3.05) is 26.7 Å². The molecule has 1 aromatic heterocycles. The number of hydrogen-bond acceptors (Lipinski definition) is 3. The second-order valence-electron chi connectivity index (χ2n) is 7.77. The number of methoxy groups -OCH3 is 1. The number of hydrogen-bond donors (Lipinski definition) is 0. The van der Waals surface area contributed by atoms with Crippen LogP contribution in [-0.2, 0) is 16.1 Å². The van der Waals surface area contributed by atoms with Gasteiger partial charge in [-0.15, -0.1) is 0 Å². The highest BCUT2D eigenvalue weighted by atomic mass is 16.5. The standard InChI is InChI=1S/C22H29N3O3/c1-16(2)14-24(22(27)28-4)15-20(26)25-13-12-23-11-5-6-19(23)21(25)18-9-7-17(3)8-10-18/h5-11,16,21H,12-15H2,1-4H3. The molecule has 6 nitrogen and oxygen atoms in total. The molecule has 1 unspecified atom stereocenters. The number of carbonyl (C=O) groups is 2. The number of benzene rings is 1. The van der Waals surface area contributed by atoms with E-state index in [1.807, 2.05) is 24.8 Å². The molecule has 1 aromatic carbocycles. The molecule has 2 aromatic rings. The highest BCUT2D eigenvalue weighted by Crippen LogP contribution is 2.32. The van der Waals surface area contributed by atoms with Crippen LogP contribution in [-0.4, -0.2) is 53.1 Å². The largest absolute Gasteiger partial charge is 0.453 e. The molecule has 3 rings (SSSR count). The van der Waals surface area contributed by atoms with E-state index in [2.05, 4.69) is 48.0 Å². The molecule has 0 saturated carbocycles. The van der Waals surface area contributed by atoms with E-state index in [9.17, 15) is 9.59 Å². The van der Waals surface area contributed by atoms with Crippen molar-refractivity contribution in [1.82, 2.24) is 14.4 Å². The molecule has 0 fully saturated rings. The Labute approximate surface area is 166 Å². The van der Waals surface area contributed by atoms with Crippen LogP contribution in [0.15, 0.2) is 42.6 Å². The third-order valence-corrected chi connectivity index (χ3v) is 5.10. The molecular weight excluding hydrogens is 354 g/mol. The van der Waals surface area contributed by atoms with Crippen molar-refractivity contribution in [3.8, 4) is 0 Å². The lowest BCUT2D eigenvalue weighted by atomic mass is 9.98. The topological polar surface area (TPSA) is 54.8 Å². The summed E-state index contributed by atoms with van der Waals surface area (Å²) in [5.41, 5.74) is 3.35. The Hall–Kier alpha value is -2.76. The summed E-state index contributed by atoms with van der Waals surface area (Å²) in [4.78, 5) is 28.8. The highest BCUT2D eigenvalue weighted by Gasteiger charge is 2.33. The summed E-state index contributed by atoms with van der Waals surface area (Å²) >= 11 is 0. The molecule has 0 spiro atoms. The number of amides is 2. The van der Waals surface area contributed by atoms with Crippen LogP contribution in [0.5, 0.6) is 0 Å². The minimum atomic E-state index is -0.464. The van der Waals surface area contributed by atoms with Crippen LogP contribution >= 0.6 is 0 Å². The van der Waals surface area contributed by atoms with Gasteiger partial charge >= 0.3 is 6.09 Å². The van der Waals surface area contributed by atoms with Crippen molar-refractivity contribution >= 4 is 12.0 Å². The number of carbonyl (C=O) groups excluding carboxylic acids is 2. The van der Waals surface area contributed by atoms with Gasteiger partial charge in [-0.05, 0) is 30.5 Å². The zero-order valence-electron chi connectivity index (χ0n) is 17.1. The van der Waals surface area contributed by atoms with Gasteiger partial charge in [0, 0.05) is 31.5 Å². The van der Waals surface area contributed by atoms with Crippen molar-refractivity contribution in [3.05, 3.63) is 59.4 Å². The Kier molecular flexibility index (Phi) is 6.07. The molecular formula is C22H29N3O3. The normalized spacial score (nSPS) is 16.0. The fourth-order valence-electron chi connectivity index (χ4n) is 3.78. The SMILES string of the molecule is COC(=O)N(CC(=O)N1CCn2cccc2C1c1ccc(C)cc1)CC(C)C. The molecule has 0 N–H and O–H groups in total. The number of nitrogens with zero attached hydrogens (tertiary/aromatic N) is 3. The van der Waals surface area contributed by atoms with Crippen molar-refractivity contribution in [2.24, 2.45) is 5.92 Å². The number of rotatable bonds is 5. The van der Waals surface area contributed by atoms with Crippen molar-refractivity contribution in [3.63, 3.8) is 0 Å². The number of fused-ring (bicyclic) bond motifs is 1. The van der Waals surface area contributed by atoms with Gasteiger partial charge in [-0.3, -0.25) is 9.69 Å². The Balaban J connectivity index is 1.89. The predicted molar refractivity (Wildman–Crippen MR) is 108 cm³/mol. The highest BCUT2D eigenvalue weighted by molar-refractivity contribution is 5.83. The van der Waals surface area contributed by atoms with E-state index in [0.717, 1.165) is 17.8 Å². The lowest BCUT2D eigenvalue weighted by molar-refractivity contribution is -0.134. The first-order valence-corrected chi connectivity index (χ1v) is 9.74. The first kappa shape index (κ1) is 20.0. The van der Waals surface area contributed by atoms with Crippen LogP contribution in [0.1, 0.15) is 36.7 Å². The van der Waals surface area contributed by atoms with Crippen LogP contribution < -0.4 is 0 Å². The Bertz CT molecular complexity index is 826. The lowest BCUT2D eigenvalue weighted by Gasteiger charge is -2.38. The molecule has 0 aliphatic carbocycles. The maximum atomic E-state index is 13.3. The van der Waals surface area contributed by atoms with Gasteiger partial charge in [-0.25, -0.2) is 4.79 Å². The second kappa shape index (κ2) is 8.50. The molecule has 2 heterocycles. The molecule has 0 radical (unpaired) electrons. The summed E-state index contributed by atoms with van der Waals surface area (Å²) in [6.07, 6.45) is 1.59. The van der Waals surface area contributed by atoms with Crippen LogP contribution in [0, 0.1) is 12.8 Å². The number of aromatic nitrogens is 1. The summed E-state index contributed by atoms with van der Waals surface area (Å²) < 4.78 is 7.08. The van der Waals surface area contributed by atoms with Crippen molar-refractivity contribution < 1.29 is 14.3 Å². The maximum absolute atomic E-state index is 13.3. The van der Waals surface area contributed by atoms with Crippen molar-refractivity contribution in [2.45, 2.75) is 33.4 Å². The molecule has 1 atom stereocenters. The zero-order valence-corrected chi connectivity index (χ0v) is 17.1. The Morgan fingerprint density at radius 1 is 1.18 bits per heavy atom. The maximum Gasteiger partial charge on any atom is 0.409 e. The fourth-order valence-corrected chi connectivity index (χ4v) is 3.78. The molecule has 2 amide bonds. The number of aryl methyl sites for hydroxylation is 1. The van der Waals surface area contributed by atoms with Gasteiger partial charge in [-0.2, -0.15) is 0 Å². The van der Waals surface area contributed by atoms with Crippen LogP contribution in [0.4, 0.5) is 4.79 Å². The van der Waals surface area contributed by atoms with E-state index in [1.165, 1.54) is 17.6 Å². The minimum Gasteiger partial charge on any atom is -0.453 e. The summed E-state index contributed by atoms with van der Waals surface area (Å²) in [6, 6.07) is 12.2. The first-order chi connectivity index (χ1) is 13.4. The van der Waals surface area contributed by atoms with Crippen LogP contribution in [0.3, 0.4) is 0 Å². The van der Waals surface area contributed by atoms with E-state index >= 15 is 0 Å². The molecule has 0 bridgehead atoms. The van der Waals surface area contributed by atoms with Crippen LogP contribution in [0.25, 0.3) is 0 Å². The number of ether oxygens (including phenoxy) is 1. The van der Waals surface area contributed by atoms with E-state index < -0.39 is 6.09 Å². The summed E-state index contributed by atoms with van der Waals surface area (Å²) in [5, 5.41) is 0. The smallest absolute Gasteiger partial charge is 0.409 e. The fraction of sp³-hybridized carbons (Fsp3) is 0.455. The van der Waals surface area contributed by atoms with E-state index in [0.29, 0.717) is 13.1 Å². The van der Waals surface area contributed by atoms with Gasteiger partial charge in [0.2, 0.25) is 5.91 Å². The average Bonchev–Trinajstić information content (AvgIpc) is 3.15. The van der Waals surface area contributed by atoms with Gasteiger partial charge in [0.1, 0.15) is 6.54 Å². The van der Waals surface area contributed by atoms with Crippen LogP contribution in [0.2, 0.25) is 0 Å². The zero-order chi connectivity index (χ0) is 20.3. The summed E-state index contributed by atoms with van der Waals surface area (Å²) in [6.45, 7) is 7.95. The van der Waals surface area contributed by atoms with E-state index in [4.69, 9.17) is 4.74 Å². The van der Waals surface area contributed by atoms with Gasteiger partial charge in [0.15, 0.2) is 0 Å². The molecule has 1 aliphatic heterocycles. The molecule has 6 heteroatoms. The van der Waals surface area contributed by atoms with Gasteiger partial charge < -0.3 is 14.2 Å². The predicted octanol–water partition coefficient (Wildman–Crippen LogP) is 3.45. The Morgan fingerprint density at radius 3 is 2.54 bits per heavy atom.